The number of aromatic nitrogens is 6. The zero-order valence-corrected chi connectivity index (χ0v) is 40.3. The molecule has 0 aliphatic heterocycles. The van der Waals surface area contributed by atoms with Gasteiger partial charge in [0.2, 0.25) is 0 Å². The largest absolute Gasteiger partial charge is 0.309 e. The second kappa shape index (κ2) is 18.4. The van der Waals surface area contributed by atoms with Crippen molar-refractivity contribution in [2.45, 2.75) is 0 Å². The number of para-hydroxylation sites is 2. The molecule has 13 aromatic rings. The van der Waals surface area contributed by atoms with E-state index in [9.17, 15) is 21.0 Å². The minimum absolute atomic E-state index is 0.425. The Balaban J connectivity index is 1.08. The van der Waals surface area contributed by atoms with Crippen LogP contribution in [0.25, 0.3) is 123 Å². The quantitative estimate of drug-likeness (QED) is 0.146. The third-order valence-electron chi connectivity index (χ3n) is 14.0. The van der Waals surface area contributed by atoms with Gasteiger partial charge >= 0.3 is 0 Å². The van der Waals surface area contributed by atoms with Gasteiger partial charge in [-0.25, -0.2) is 15.0 Å². The summed E-state index contributed by atoms with van der Waals surface area (Å²) >= 11 is 0. The van der Waals surface area contributed by atoms with Gasteiger partial charge in [-0.2, -0.15) is 21.0 Å². The van der Waals surface area contributed by atoms with E-state index in [1.807, 2.05) is 121 Å². The molecule has 0 aliphatic carbocycles. The van der Waals surface area contributed by atoms with Gasteiger partial charge < -0.3 is 9.13 Å². The number of nitriles is 4. The third-order valence-corrected chi connectivity index (χ3v) is 14.0. The van der Waals surface area contributed by atoms with Gasteiger partial charge in [0.15, 0.2) is 17.5 Å². The first-order valence-electron chi connectivity index (χ1n) is 24.4. The zero-order chi connectivity index (χ0) is 51.3. The van der Waals surface area contributed by atoms with E-state index in [1.54, 1.807) is 24.3 Å². The molecule has 0 unspecified atom stereocenters. The summed E-state index contributed by atoms with van der Waals surface area (Å²) in [6.07, 6.45) is 1.82. The molecule has 4 aromatic heterocycles. The summed E-state index contributed by atoms with van der Waals surface area (Å²) < 4.78 is 4.53. The van der Waals surface area contributed by atoms with Crippen molar-refractivity contribution in [3.8, 4) is 103 Å². The Morgan fingerprint density at radius 3 is 1.29 bits per heavy atom. The van der Waals surface area contributed by atoms with E-state index < -0.39 is 0 Å². The number of fused-ring (bicyclic) bond motifs is 6. The Hall–Kier alpha value is -11.3. The summed E-state index contributed by atoms with van der Waals surface area (Å²) in [7, 11) is 0. The molecule has 10 heteroatoms. The maximum absolute atomic E-state index is 10.2. The van der Waals surface area contributed by atoms with Crippen LogP contribution >= 0.6 is 0 Å². The average molecular weight is 969 g/mol. The van der Waals surface area contributed by atoms with Gasteiger partial charge in [-0.1, -0.05) is 121 Å². The molecular formula is C66H36N10. The lowest BCUT2D eigenvalue weighted by atomic mass is 9.97. The molecule has 350 valence electrons. The highest BCUT2D eigenvalue weighted by atomic mass is 15.0. The molecule has 0 saturated heterocycles. The third kappa shape index (κ3) is 7.47. The van der Waals surface area contributed by atoms with Crippen molar-refractivity contribution in [3.05, 3.63) is 241 Å². The van der Waals surface area contributed by atoms with Crippen molar-refractivity contribution >= 4 is 43.6 Å². The van der Waals surface area contributed by atoms with Crippen LogP contribution in [0.5, 0.6) is 0 Å². The second-order valence-corrected chi connectivity index (χ2v) is 18.3. The Kier molecular flexibility index (Phi) is 10.8. The lowest BCUT2D eigenvalue weighted by Crippen LogP contribution is -2.04. The fourth-order valence-electron chi connectivity index (χ4n) is 10.5. The van der Waals surface area contributed by atoms with Crippen molar-refractivity contribution in [2.75, 3.05) is 0 Å². The topological polar surface area (TPSA) is 157 Å². The van der Waals surface area contributed by atoms with Crippen LogP contribution in [0, 0.1) is 45.3 Å². The van der Waals surface area contributed by atoms with E-state index in [0.717, 1.165) is 99.5 Å². The van der Waals surface area contributed by atoms with Gasteiger partial charge in [0.1, 0.15) is 0 Å². The van der Waals surface area contributed by atoms with Gasteiger partial charge in [0, 0.05) is 50.0 Å². The summed E-state index contributed by atoms with van der Waals surface area (Å²) in [5.41, 5.74) is 14.4. The van der Waals surface area contributed by atoms with Crippen molar-refractivity contribution < 1.29 is 0 Å². The van der Waals surface area contributed by atoms with Crippen LogP contribution < -0.4 is 0 Å². The summed E-state index contributed by atoms with van der Waals surface area (Å²) in [5, 5.41) is 43.7. The molecule has 9 aromatic carbocycles. The zero-order valence-electron chi connectivity index (χ0n) is 40.3. The summed E-state index contributed by atoms with van der Waals surface area (Å²) in [4.78, 5) is 20.6. The van der Waals surface area contributed by atoms with E-state index in [1.165, 1.54) is 0 Å². The number of nitrogens with zero attached hydrogens (tertiary/aromatic N) is 10. The van der Waals surface area contributed by atoms with Crippen LogP contribution in [-0.2, 0) is 0 Å². The van der Waals surface area contributed by atoms with Gasteiger partial charge in [0.05, 0.1) is 85.7 Å². The SMILES string of the molecule is N#Cc1ccc(-c2ccc3c(c2)c2ccccc2n3-c2ccc(-c3nc(-c4ccccc4)nc(-c4ccccc4)n3)cc2-c2ncccc2-n2c3ccccc3c3cc(-c4ccc(C#N)cc4C#N)ccc32)c(C#N)c1. The first kappa shape index (κ1) is 44.6. The standard InChI is InChI=1S/C66H36N10/c67-37-41-21-26-50(48(32-41)39-69)45-23-28-59-54(34-45)52-16-7-9-18-57(52)75(59)61-30-25-47(66-73-64(43-12-3-1-4-13-43)72-65(74-66)44-14-5-2-6-15-44)36-56(61)63-62(20-11-31-71-63)76-58-19-10-8-17-53(58)55-35-46(24-29-60(55)76)51-27-22-42(38-68)33-49(51)40-70/h1-36H. The molecule has 76 heavy (non-hydrogen) atoms. The fourth-order valence-corrected chi connectivity index (χ4v) is 10.5. The molecule has 0 bridgehead atoms. The predicted octanol–water partition coefficient (Wildman–Crippen LogP) is 14.9. The molecule has 0 aliphatic rings. The smallest absolute Gasteiger partial charge is 0.164 e. The van der Waals surface area contributed by atoms with Gasteiger partial charge in [-0.3, -0.25) is 4.98 Å². The molecule has 0 saturated carbocycles. The molecule has 10 nitrogen and oxygen atoms in total. The Bertz CT molecular complexity index is 4640. The minimum Gasteiger partial charge on any atom is -0.309 e. The van der Waals surface area contributed by atoms with Crippen molar-refractivity contribution in [2.24, 2.45) is 0 Å². The Labute approximate surface area is 435 Å². The van der Waals surface area contributed by atoms with E-state index in [0.29, 0.717) is 45.4 Å². The second-order valence-electron chi connectivity index (χ2n) is 18.3. The normalized spacial score (nSPS) is 11.1. The van der Waals surface area contributed by atoms with Crippen molar-refractivity contribution in [3.63, 3.8) is 0 Å². The maximum Gasteiger partial charge on any atom is 0.164 e. The van der Waals surface area contributed by atoms with Crippen LogP contribution in [0.4, 0.5) is 0 Å². The first-order valence-corrected chi connectivity index (χ1v) is 24.4. The Morgan fingerprint density at radius 2 is 0.776 bits per heavy atom. The number of pyridine rings is 1. The number of hydrogen-bond acceptors (Lipinski definition) is 8. The van der Waals surface area contributed by atoms with Crippen LogP contribution in [-0.4, -0.2) is 29.1 Å². The average Bonchev–Trinajstić information content (AvgIpc) is 4.10. The van der Waals surface area contributed by atoms with Crippen LogP contribution in [0.2, 0.25) is 0 Å². The number of hydrogen-bond donors (Lipinski definition) is 0. The van der Waals surface area contributed by atoms with E-state index in [2.05, 4.69) is 106 Å². The van der Waals surface area contributed by atoms with Crippen LogP contribution in [0.1, 0.15) is 22.3 Å². The van der Waals surface area contributed by atoms with Crippen LogP contribution in [0.15, 0.2) is 219 Å². The maximum atomic E-state index is 10.2. The number of rotatable bonds is 8. The molecular weight excluding hydrogens is 933 g/mol. The highest BCUT2D eigenvalue weighted by Gasteiger charge is 2.24. The van der Waals surface area contributed by atoms with Gasteiger partial charge in [0.25, 0.3) is 0 Å². The van der Waals surface area contributed by atoms with Crippen molar-refractivity contribution in [1.82, 2.24) is 29.1 Å². The van der Waals surface area contributed by atoms with E-state index in [4.69, 9.17) is 19.9 Å². The Morgan fingerprint density at radius 1 is 0.316 bits per heavy atom. The minimum atomic E-state index is 0.425. The highest BCUT2D eigenvalue weighted by molar-refractivity contribution is 6.13. The monoisotopic (exact) mass is 968 g/mol. The van der Waals surface area contributed by atoms with Gasteiger partial charge in [-0.15, -0.1) is 0 Å². The first-order chi connectivity index (χ1) is 37.5. The molecule has 0 N–H and O–H groups in total. The lowest BCUT2D eigenvalue weighted by molar-refractivity contribution is 1.07. The molecule has 4 heterocycles. The van der Waals surface area contributed by atoms with Crippen molar-refractivity contribution in [1.29, 1.82) is 21.0 Å². The molecule has 0 radical (unpaired) electrons. The van der Waals surface area contributed by atoms with E-state index in [-0.39, 0.29) is 0 Å². The lowest BCUT2D eigenvalue weighted by Gasteiger charge is -2.19. The molecule has 0 spiro atoms. The molecule has 0 atom stereocenters. The molecule has 0 amide bonds. The number of benzene rings is 9. The highest BCUT2D eigenvalue weighted by Crippen LogP contribution is 2.43. The molecule has 0 fully saturated rings. The van der Waals surface area contributed by atoms with Crippen LogP contribution in [0.3, 0.4) is 0 Å². The van der Waals surface area contributed by atoms with Gasteiger partial charge in [-0.05, 0) is 113 Å². The summed E-state index contributed by atoms with van der Waals surface area (Å²) in [5.74, 6) is 1.58. The molecule has 13 rings (SSSR count). The summed E-state index contributed by atoms with van der Waals surface area (Å²) in [6.45, 7) is 0. The van der Waals surface area contributed by atoms with E-state index >= 15 is 0 Å². The fraction of sp³-hybridized carbons (Fsp3) is 0. The predicted molar refractivity (Wildman–Crippen MR) is 298 cm³/mol. The summed E-state index contributed by atoms with van der Waals surface area (Å²) in [6, 6.07) is 78.7.